The predicted molar refractivity (Wildman–Crippen MR) is 86.6 cm³/mol. The van der Waals surface area contributed by atoms with Crippen LogP contribution in [0.25, 0.3) is 0 Å². The highest BCUT2D eigenvalue weighted by molar-refractivity contribution is 6.04. The van der Waals surface area contributed by atoms with Crippen LogP contribution >= 0.6 is 0 Å². The number of Topliss-reactive ketones (excluding diaryl/α,β-unsaturated/α-hetero) is 1. The van der Waals surface area contributed by atoms with Crippen molar-refractivity contribution >= 4 is 11.7 Å². The summed E-state index contributed by atoms with van der Waals surface area (Å²) in [4.78, 5) is 26.6. The fraction of sp³-hybridized carbons (Fsp3) is 0.421. The first kappa shape index (κ1) is 15.5. The second-order valence-corrected chi connectivity index (χ2v) is 7.40. The highest BCUT2D eigenvalue weighted by Gasteiger charge is 2.52. The van der Waals surface area contributed by atoms with Gasteiger partial charge in [0.15, 0.2) is 5.78 Å². The molecule has 1 spiro atoms. The Balaban J connectivity index is 1.82. The molecule has 0 N–H and O–H groups in total. The second-order valence-electron chi connectivity index (χ2n) is 7.40. The molecule has 1 amide bonds. The summed E-state index contributed by atoms with van der Waals surface area (Å²) in [7, 11) is 0. The Morgan fingerprint density at radius 3 is 2.52 bits per heavy atom. The van der Waals surface area contributed by atoms with E-state index < -0.39 is 5.41 Å². The number of carbonyl (C=O) groups is 2. The molecule has 0 saturated carbocycles. The first-order valence-electron chi connectivity index (χ1n) is 7.81. The van der Waals surface area contributed by atoms with Crippen molar-refractivity contribution in [1.29, 1.82) is 5.26 Å². The molecule has 0 radical (unpaired) electrons. The average molecular weight is 308 g/mol. The standard InChI is InChI=1S/C19H20N2O2/c1-13-6-4-5-7-15(13)17(23)21-11-19(12-21)8-14(9-20)16(22)18(2,3)10-19/h4-8H,10-12H2,1-3H3. The van der Waals surface area contributed by atoms with Gasteiger partial charge in [0.25, 0.3) is 5.91 Å². The summed E-state index contributed by atoms with van der Waals surface area (Å²) in [5.41, 5.74) is 1.14. The molecule has 3 rings (SSSR count). The molecule has 1 aromatic rings. The Hall–Kier alpha value is -2.41. The predicted octanol–water partition coefficient (Wildman–Crippen LogP) is 2.89. The van der Waals surface area contributed by atoms with Crippen LogP contribution in [0.2, 0.25) is 0 Å². The SMILES string of the molecule is Cc1ccccc1C(=O)N1CC2(C=C(C#N)C(=O)C(C)(C)C2)C1. The lowest BCUT2D eigenvalue weighted by Crippen LogP contribution is -2.61. The van der Waals surface area contributed by atoms with Crippen LogP contribution in [0.1, 0.15) is 36.2 Å². The molecule has 2 aliphatic rings. The fourth-order valence-electron chi connectivity index (χ4n) is 3.87. The van der Waals surface area contributed by atoms with Crippen LogP contribution in [0.15, 0.2) is 35.9 Å². The van der Waals surface area contributed by atoms with E-state index in [0.29, 0.717) is 19.5 Å². The normalized spacial score (nSPS) is 21.4. The number of benzene rings is 1. The minimum Gasteiger partial charge on any atom is -0.337 e. The van der Waals surface area contributed by atoms with Crippen molar-refractivity contribution in [2.75, 3.05) is 13.1 Å². The van der Waals surface area contributed by atoms with Gasteiger partial charge in [0.2, 0.25) is 0 Å². The molecule has 0 atom stereocenters. The Morgan fingerprint density at radius 1 is 1.26 bits per heavy atom. The van der Waals surface area contributed by atoms with Crippen LogP contribution < -0.4 is 0 Å². The van der Waals surface area contributed by atoms with Crippen molar-refractivity contribution in [3.63, 3.8) is 0 Å². The minimum atomic E-state index is -0.544. The summed E-state index contributed by atoms with van der Waals surface area (Å²) in [5, 5.41) is 9.22. The maximum Gasteiger partial charge on any atom is 0.254 e. The highest BCUT2D eigenvalue weighted by atomic mass is 16.2. The lowest BCUT2D eigenvalue weighted by atomic mass is 9.61. The Labute approximate surface area is 136 Å². The fourth-order valence-corrected chi connectivity index (χ4v) is 3.87. The third-order valence-electron chi connectivity index (χ3n) is 4.90. The van der Waals surface area contributed by atoms with Gasteiger partial charge >= 0.3 is 0 Å². The van der Waals surface area contributed by atoms with Crippen LogP contribution in [0.4, 0.5) is 0 Å². The van der Waals surface area contributed by atoms with Gasteiger partial charge in [-0.3, -0.25) is 9.59 Å². The zero-order valence-corrected chi connectivity index (χ0v) is 13.7. The van der Waals surface area contributed by atoms with E-state index in [4.69, 9.17) is 0 Å². The average Bonchev–Trinajstić information content (AvgIpc) is 2.47. The number of aryl methyl sites for hydroxylation is 1. The molecule has 1 fully saturated rings. The van der Waals surface area contributed by atoms with E-state index in [-0.39, 0.29) is 22.7 Å². The number of rotatable bonds is 1. The van der Waals surface area contributed by atoms with Crippen molar-refractivity contribution in [3.8, 4) is 6.07 Å². The summed E-state index contributed by atoms with van der Waals surface area (Å²) >= 11 is 0. The largest absolute Gasteiger partial charge is 0.337 e. The molecule has 1 aliphatic heterocycles. The topological polar surface area (TPSA) is 61.2 Å². The van der Waals surface area contributed by atoms with Gasteiger partial charge < -0.3 is 4.90 Å². The van der Waals surface area contributed by atoms with Gasteiger partial charge in [-0.05, 0) is 25.0 Å². The molecule has 118 valence electrons. The van der Waals surface area contributed by atoms with E-state index >= 15 is 0 Å². The molecule has 0 aromatic heterocycles. The van der Waals surface area contributed by atoms with Crippen LogP contribution in [0.3, 0.4) is 0 Å². The molecular weight excluding hydrogens is 288 g/mol. The molecule has 4 nitrogen and oxygen atoms in total. The number of allylic oxidation sites excluding steroid dienone is 1. The summed E-state index contributed by atoms with van der Waals surface area (Å²) in [5.74, 6) is -0.0651. The monoisotopic (exact) mass is 308 g/mol. The molecule has 0 bridgehead atoms. The lowest BCUT2D eigenvalue weighted by molar-refractivity contribution is -0.127. The number of carbonyl (C=O) groups excluding carboxylic acids is 2. The van der Waals surface area contributed by atoms with E-state index in [1.807, 2.05) is 51.1 Å². The Morgan fingerprint density at radius 2 is 1.91 bits per heavy atom. The van der Waals surface area contributed by atoms with Gasteiger partial charge in [0, 0.05) is 29.5 Å². The number of likely N-dealkylation sites (tertiary alicyclic amines) is 1. The zero-order valence-electron chi connectivity index (χ0n) is 13.7. The van der Waals surface area contributed by atoms with E-state index in [1.54, 1.807) is 11.0 Å². The third kappa shape index (κ3) is 2.46. The maximum atomic E-state index is 12.6. The Bertz CT molecular complexity index is 762. The number of nitrogens with zero attached hydrogens (tertiary/aromatic N) is 2. The quantitative estimate of drug-likeness (QED) is 0.801. The van der Waals surface area contributed by atoms with Gasteiger partial charge in [-0.15, -0.1) is 0 Å². The van der Waals surface area contributed by atoms with Gasteiger partial charge in [-0.25, -0.2) is 0 Å². The number of ketones is 1. The maximum absolute atomic E-state index is 12.6. The summed E-state index contributed by atoms with van der Waals surface area (Å²) in [6, 6.07) is 9.58. The summed E-state index contributed by atoms with van der Waals surface area (Å²) in [6.07, 6.45) is 2.48. The first-order chi connectivity index (χ1) is 10.8. The van der Waals surface area contributed by atoms with Gasteiger partial charge in [-0.2, -0.15) is 5.26 Å². The van der Waals surface area contributed by atoms with E-state index in [2.05, 4.69) is 0 Å². The van der Waals surface area contributed by atoms with E-state index in [0.717, 1.165) is 11.1 Å². The number of amides is 1. The van der Waals surface area contributed by atoms with E-state index in [1.165, 1.54) is 0 Å². The van der Waals surface area contributed by atoms with Crippen molar-refractivity contribution in [2.45, 2.75) is 27.2 Å². The van der Waals surface area contributed by atoms with Crippen LogP contribution in [-0.2, 0) is 4.79 Å². The summed E-state index contributed by atoms with van der Waals surface area (Å²) < 4.78 is 0. The van der Waals surface area contributed by atoms with Gasteiger partial charge in [0.1, 0.15) is 6.07 Å². The number of hydrogen-bond acceptors (Lipinski definition) is 3. The van der Waals surface area contributed by atoms with Crippen LogP contribution in [-0.4, -0.2) is 29.7 Å². The highest BCUT2D eigenvalue weighted by Crippen LogP contribution is 2.48. The molecule has 1 aliphatic carbocycles. The van der Waals surface area contributed by atoms with Gasteiger partial charge in [0.05, 0.1) is 5.57 Å². The molecule has 1 heterocycles. The van der Waals surface area contributed by atoms with Crippen LogP contribution in [0.5, 0.6) is 0 Å². The molecule has 4 heteroatoms. The Kier molecular flexibility index (Phi) is 3.40. The first-order valence-corrected chi connectivity index (χ1v) is 7.81. The number of hydrogen-bond donors (Lipinski definition) is 0. The number of nitriles is 1. The molecule has 23 heavy (non-hydrogen) atoms. The van der Waals surface area contributed by atoms with Crippen LogP contribution in [0, 0.1) is 29.1 Å². The second kappa shape index (κ2) is 5.06. The van der Waals surface area contributed by atoms with Crippen molar-refractivity contribution in [3.05, 3.63) is 47.0 Å². The summed E-state index contributed by atoms with van der Waals surface area (Å²) in [6.45, 7) is 6.84. The van der Waals surface area contributed by atoms with Crippen molar-refractivity contribution in [2.24, 2.45) is 10.8 Å². The van der Waals surface area contributed by atoms with Gasteiger partial charge in [-0.1, -0.05) is 38.1 Å². The molecule has 1 saturated heterocycles. The minimum absolute atomic E-state index is 0.0235. The molecular formula is C19H20N2O2. The molecule has 1 aromatic carbocycles. The lowest BCUT2D eigenvalue weighted by Gasteiger charge is -2.53. The van der Waals surface area contributed by atoms with Crippen molar-refractivity contribution in [1.82, 2.24) is 4.90 Å². The molecule has 0 unspecified atom stereocenters. The van der Waals surface area contributed by atoms with E-state index in [9.17, 15) is 14.9 Å². The third-order valence-corrected chi connectivity index (χ3v) is 4.90. The zero-order chi connectivity index (χ0) is 16.8. The smallest absolute Gasteiger partial charge is 0.254 e. The van der Waals surface area contributed by atoms with Crippen molar-refractivity contribution < 1.29 is 9.59 Å².